The Bertz CT molecular complexity index is 708. The number of rotatable bonds is 7. The lowest BCUT2D eigenvalue weighted by molar-refractivity contribution is -0.122. The predicted octanol–water partition coefficient (Wildman–Crippen LogP) is 1.42. The van der Waals surface area contributed by atoms with Crippen LogP contribution in [0.3, 0.4) is 0 Å². The van der Waals surface area contributed by atoms with Crippen molar-refractivity contribution in [3.63, 3.8) is 0 Å². The van der Waals surface area contributed by atoms with Crippen molar-refractivity contribution in [2.45, 2.75) is 25.6 Å². The molecule has 0 unspecified atom stereocenters. The van der Waals surface area contributed by atoms with E-state index < -0.39 is 0 Å². The number of hydrogen-bond donors (Lipinski definition) is 1. The van der Waals surface area contributed by atoms with E-state index in [4.69, 9.17) is 0 Å². The number of aryl methyl sites for hydroxylation is 1. The van der Waals surface area contributed by atoms with Gasteiger partial charge in [0.25, 0.3) is 0 Å². The summed E-state index contributed by atoms with van der Waals surface area (Å²) in [4.78, 5) is 16.1. The normalized spacial score (nSPS) is 12.0. The molecule has 7 heteroatoms. The molecule has 1 amide bonds. The monoisotopic (exact) mass is 310 g/mol. The summed E-state index contributed by atoms with van der Waals surface area (Å²) < 4.78 is 3.46. The molecule has 2 aromatic heterocycles. The van der Waals surface area contributed by atoms with Crippen LogP contribution in [0.15, 0.2) is 61.4 Å². The van der Waals surface area contributed by atoms with Crippen LogP contribution in [0, 0.1) is 0 Å². The number of nitrogens with one attached hydrogen (secondary N) is 1. The Hall–Kier alpha value is -2.96. The summed E-state index contributed by atoms with van der Waals surface area (Å²) in [6.45, 7) is 1.10. The summed E-state index contributed by atoms with van der Waals surface area (Å²) in [6, 6.07) is 11.6. The molecule has 1 atom stereocenters. The molecule has 2 heterocycles. The molecule has 0 bridgehead atoms. The molecular formula is C16H18N6O. The van der Waals surface area contributed by atoms with Gasteiger partial charge >= 0.3 is 0 Å². The number of aromatic nitrogens is 5. The lowest BCUT2D eigenvalue weighted by Crippen LogP contribution is -2.32. The lowest BCUT2D eigenvalue weighted by atomic mass is 10.1. The van der Waals surface area contributed by atoms with Gasteiger partial charge in [-0.15, -0.1) is 0 Å². The maximum absolute atomic E-state index is 12.2. The average molecular weight is 310 g/mol. The molecule has 0 spiro atoms. The van der Waals surface area contributed by atoms with Crippen molar-refractivity contribution >= 4 is 5.91 Å². The highest BCUT2D eigenvalue weighted by Crippen LogP contribution is 2.15. The summed E-state index contributed by atoms with van der Waals surface area (Å²) in [6.07, 6.45) is 7.03. The number of nitrogens with zero attached hydrogens (tertiary/aromatic N) is 5. The maximum Gasteiger partial charge on any atom is 0.222 e. The van der Waals surface area contributed by atoms with Gasteiger partial charge in [0.1, 0.15) is 12.7 Å². The van der Waals surface area contributed by atoms with Gasteiger partial charge < -0.3 is 5.32 Å². The van der Waals surface area contributed by atoms with Crippen LogP contribution in [-0.4, -0.2) is 30.5 Å². The molecule has 0 saturated carbocycles. The summed E-state index contributed by atoms with van der Waals surface area (Å²) in [5.41, 5.74) is 1.05. The summed E-state index contributed by atoms with van der Waals surface area (Å²) >= 11 is 0. The van der Waals surface area contributed by atoms with E-state index in [2.05, 4.69) is 20.5 Å². The zero-order chi connectivity index (χ0) is 15.9. The van der Waals surface area contributed by atoms with Gasteiger partial charge in [0.2, 0.25) is 5.91 Å². The van der Waals surface area contributed by atoms with Crippen molar-refractivity contribution in [2.24, 2.45) is 0 Å². The second-order valence-electron chi connectivity index (χ2n) is 5.17. The fraction of sp³-hybridized carbons (Fsp3) is 0.250. The molecule has 3 aromatic rings. The highest BCUT2D eigenvalue weighted by molar-refractivity contribution is 5.76. The van der Waals surface area contributed by atoms with Crippen LogP contribution in [0.25, 0.3) is 0 Å². The molecule has 3 rings (SSSR count). The van der Waals surface area contributed by atoms with Gasteiger partial charge in [0.15, 0.2) is 0 Å². The first-order valence-electron chi connectivity index (χ1n) is 7.45. The van der Waals surface area contributed by atoms with Crippen LogP contribution in [0.1, 0.15) is 18.0 Å². The second-order valence-corrected chi connectivity index (χ2v) is 5.17. The van der Waals surface area contributed by atoms with E-state index >= 15 is 0 Å². The van der Waals surface area contributed by atoms with E-state index in [0.717, 1.165) is 5.56 Å². The zero-order valence-corrected chi connectivity index (χ0v) is 12.6. The number of amides is 1. The SMILES string of the molecule is O=C(CCn1cncn1)N[C@H](Cn1cccn1)c1ccccc1. The molecule has 0 radical (unpaired) electrons. The molecule has 0 aliphatic carbocycles. The highest BCUT2D eigenvalue weighted by atomic mass is 16.1. The highest BCUT2D eigenvalue weighted by Gasteiger charge is 2.15. The third-order valence-electron chi connectivity index (χ3n) is 3.50. The molecule has 0 aliphatic heterocycles. The van der Waals surface area contributed by atoms with Crippen LogP contribution in [-0.2, 0) is 17.9 Å². The van der Waals surface area contributed by atoms with Gasteiger partial charge in [-0.3, -0.25) is 14.2 Å². The van der Waals surface area contributed by atoms with Crippen LogP contribution < -0.4 is 5.32 Å². The summed E-state index contributed by atoms with van der Waals surface area (Å²) in [7, 11) is 0. The molecular weight excluding hydrogens is 292 g/mol. The minimum absolute atomic E-state index is 0.0264. The molecule has 23 heavy (non-hydrogen) atoms. The minimum Gasteiger partial charge on any atom is -0.347 e. The van der Waals surface area contributed by atoms with Crippen LogP contribution in [0.4, 0.5) is 0 Å². The number of hydrogen-bond acceptors (Lipinski definition) is 4. The van der Waals surface area contributed by atoms with Gasteiger partial charge in [-0.1, -0.05) is 30.3 Å². The molecule has 0 fully saturated rings. The Morgan fingerprint density at radius 1 is 1.13 bits per heavy atom. The number of carbonyl (C=O) groups is 1. The summed E-state index contributed by atoms with van der Waals surface area (Å²) in [5.74, 6) is -0.0264. The van der Waals surface area contributed by atoms with Crippen molar-refractivity contribution in [1.29, 1.82) is 0 Å². The number of carbonyl (C=O) groups excluding carboxylic acids is 1. The molecule has 118 valence electrons. The van der Waals surface area contributed by atoms with Crippen LogP contribution >= 0.6 is 0 Å². The molecule has 1 N–H and O–H groups in total. The smallest absolute Gasteiger partial charge is 0.222 e. The lowest BCUT2D eigenvalue weighted by Gasteiger charge is -2.19. The summed E-state index contributed by atoms with van der Waals surface area (Å²) in [5, 5.41) is 11.3. The largest absolute Gasteiger partial charge is 0.347 e. The maximum atomic E-state index is 12.2. The van der Waals surface area contributed by atoms with Crippen molar-refractivity contribution in [3.05, 3.63) is 67.0 Å². The fourth-order valence-corrected chi connectivity index (χ4v) is 2.35. The van der Waals surface area contributed by atoms with Crippen molar-refractivity contribution in [2.75, 3.05) is 0 Å². The Morgan fingerprint density at radius 2 is 2.00 bits per heavy atom. The van der Waals surface area contributed by atoms with Gasteiger partial charge in [-0.2, -0.15) is 10.2 Å². The first-order chi connectivity index (χ1) is 11.3. The quantitative estimate of drug-likeness (QED) is 0.716. The third-order valence-corrected chi connectivity index (χ3v) is 3.50. The first kappa shape index (κ1) is 15.0. The average Bonchev–Trinajstić information content (AvgIpc) is 3.27. The molecule has 0 saturated heterocycles. The molecule has 1 aromatic carbocycles. The van der Waals surface area contributed by atoms with E-state index in [9.17, 15) is 4.79 Å². The molecule has 7 nitrogen and oxygen atoms in total. The van der Waals surface area contributed by atoms with Crippen molar-refractivity contribution in [3.8, 4) is 0 Å². The predicted molar refractivity (Wildman–Crippen MR) is 84.2 cm³/mol. The van der Waals surface area contributed by atoms with Crippen LogP contribution in [0.5, 0.6) is 0 Å². The van der Waals surface area contributed by atoms with E-state index in [1.807, 2.05) is 47.3 Å². The Morgan fingerprint density at radius 3 is 2.70 bits per heavy atom. The Kier molecular flexibility index (Phi) is 4.78. The van der Waals surface area contributed by atoms with E-state index in [-0.39, 0.29) is 11.9 Å². The standard InChI is InChI=1S/C16H18N6O/c23-16(7-10-22-13-17-12-19-22)20-15(11-21-9-4-8-18-21)14-5-2-1-3-6-14/h1-6,8-9,12-13,15H,7,10-11H2,(H,20,23)/t15-/m1/s1. The van der Waals surface area contributed by atoms with E-state index in [0.29, 0.717) is 19.5 Å². The van der Waals surface area contributed by atoms with Crippen molar-refractivity contribution < 1.29 is 4.79 Å². The van der Waals surface area contributed by atoms with E-state index in [1.165, 1.54) is 6.33 Å². The number of benzene rings is 1. The zero-order valence-electron chi connectivity index (χ0n) is 12.6. The van der Waals surface area contributed by atoms with Gasteiger partial charge in [0, 0.05) is 18.8 Å². The van der Waals surface area contributed by atoms with Gasteiger partial charge in [-0.25, -0.2) is 4.98 Å². The van der Waals surface area contributed by atoms with E-state index in [1.54, 1.807) is 17.2 Å². The fourth-order valence-electron chi connectivity index (χ4n) is 2.35. The third kappa shape index (κ3) is 4.26. The Labute approximate surface area is 134 Å². The molecule has 0 aliphatic rings. The van der Waals surface area contributed by atoms with Crippen LogP contribution in [0.2, 0.25) is 0 Å². The Balaban J connectivity index is 1.64. The second kappa shape index (κ2) is 7.35. The minimum atomic E-state index is -0.126. The first-order valence-corrected chi connectivity index (χ1v) is 7.45. The van der Waals surface area contributed by atoms with Gasteiger partial charge in [0.05, 0.1) is 19.1 Å². The van der Waals surface area contributed by atoms with Gasteiger partial charge in [-0.05, 0) is 11.6 Å². The topological polar surface area (TPSA) is 77.6 Å². The van der Waals surface area contributed by atoms with Crippen molar-refractivity contribution in [1.82, 2.24) is 29.9 Å².